The van der Waals surface area contributed by atoms with E-state index in [1.54, 1.807) is 11.8 Å². The number of rotatable bonds is 4. The molecule has 1 aliphatic heterocycles. The van der Waals surface area contributed by atoms with E-state index < -0.39 is 11.9 Å². The van der Waals surface area contributed by atoms with Crippen molar-refractivity contribution in [3.05, 3.63) is 0 Å². The van der Waals surface area contributed by atoms with Gasteiger partial charge >= 0.3 is 12.0 Å². The van der Waals surface area contributed by atoms with Crippen molar-refractivity contribution in [1.82, 2.24) is 10.2 Å². The molecule has 21 heavy (non-hydrogen) atoms. The van der Waals surface area contributed by atoms with Crippen molar-refractivity contribution in [2.45, 2.75) is 58.7 Å². The fourth-order valence-electron chi connectivity index (χ4n) is 3.40. The summed E-state index contributed by atoms with van der Waals surface area (Å²) in [4.78, 5) is 25.1. The molecule has 4 unspecified atom stereocenters. The van der Waals surface area contributed by atoms with Crippen LogP contribution in [0.3, 0.4) is 0 Å². The Kier molecular flexibility index (Phi) is 4.46. The van der Waals surface area contributed by atoms with Gasteiger partial charge in [0.2, 0.25) is 0 Å². The molecule has 120 valence electrons. The highest BCUT2D eigenvalue weighted by atomic mass is 16.5. The second kappa shape index (κ2) is 5.83. The summed E-state index contributed by atoms with van der Waals surface area (Å²) >= 11 is 0. The molecule has 2 aliphatic rings. The lowest BCUT2D eigenvalue weighted by molar-refractivity contribution is -0.142. The summed E-state index contributed by atoms with van der Waals surface area (Å²) in [5.41, 5.74) is -0.0825. The lowest BCUT2D eigenvalue weighted by Crippen LogP contribution is -2.63. The molecule has 0 radical (unpaired) electrons. The third-order valence-electron chi connectivity index (χ3n) is 5.18. The van der Waals surface area contributed by atoms with E-state index in [1.165, 1.54) is 0 Å². The monoisotopic (exact) mass is 298 g/mol. The Morgan fingerprint density at radius 3 is 2.57 bits per heavy atom. The summed E-state index contributed by atoms with van der Waals surface area (Å²) in [6.45, 7) is 9.15. The molecule has 2 N–H and O–H groups in total. The van der Waals surface area contributed by atoms with Gasteiger partial charge in [0.25, 0.3) is 0 Å². The first-order chi connectivity index (χ1) is 9.78. The molecule has 1 saturated carbocycles. The predicted molar refractivity (Wildman–Crippen MR) is 78.0 cm³/mol. The molecule has 1 saturated heterocycles. The van der Waals surface area contributed by atoms with Crippen LogP contribution in [-0.2, 0) is 9.53 Å². The van der Waals surface area contributed by atoms with E-state index in [0.29, 0.717) is 19.6 Å². The largest absolute Gasteiger partial charge is 0.481 e. The van der Waals surface area contributed by atoms with E-state index in [9.17, 15) is 9.59 Å². The minimum Gasteiger partial charge on any atom is -0.481 e. The molecule has 0 aromatic heterocycles. The van der Waals surface area contributed by atoms with Gasteiger partial charge in [-0.15, -0.1) is 0 Å². The number of carbonyl (C=O) groups is 2. The standard InChI is InChI=1S/C15H26N2O4/c1-5-21-12-8-11(15(12,3)4)16-14(20)17-7-6-10(9(17)2)13(18)19/h9-12H,5-8H2,1-4H3,(H,16,20)(H,18,19). The van der Waals surface area contributed by atoms with E-state index >= 15 is 0 Å². The number of nitrogens with one attached hydrogen (secondary N) is 1. The van der Waals surface area contributed by atoms with E-state index in [-0.39, 0.29) is 29.6 Å². The number of ether oxygens (including phenoxy) is 1. The maximum atomic E-state index is 12.4. The van der Waals surface area contributed by atoms with Gasteiger partial charge in [0.05, 0.1) is 12.0 Å². The Labute approximate surface area is 125 Å². The minimum absolute atomic E-state index is 0.0811. The van der Waals surface area contributed by atoms with Crippen LogP contribution in [0, 0.1) is 11.3 Å². The number of carboxylic acid groups (broad SMARTS) is 1. The van der Waals surface area contributed by atoms with Crippen molar-refractivity contribution in [3.63, 3.8) is 0 Å². The third kappa shape index (κ3) is 2.86. The highest BCUT2D eigenvalue weighted by Crippen LogP contribution is 2.43. The summed E-state index contributed by atoms with van der Waals surface area (Å²) in [5, 5.41) is 12.2. The van der Waals surface area contributed by atoms with Gasteiger partial charge in [-0.25, -0.2) is 4.79 Å². The van der Waals surface area contributed by atoms with E-state index in [0.717, 1.165) is 6.42 Å². The van der Waals surface area contributed by atoms with E-state index in [2.05, 4.69) is 19.2 Å². The zero-order valence-electron chi connectivity index (χ0n) is 13.3. The molecule has 4 atom stereocenters. The van der Waals surface area contributed by atoms with Gasteiger partial charge in [-0.1, -0.05) is 13.8 Å². The number of aliphatic carboxylic acids is 1. The van der Waals surface area contributed by atoms with Gasteiger partial charge in [-0.05, 0) is 26.7 Å². The van der Waals surface area contributed by atoms with Gasteiger partial charge in [0.15, 0.2) is 0 Å². The number of nitrogens with zero attached hydrogens (tertiary/aromatic N) is 1. The van der Waals surface area contributed by atoms with Crippen LogP contribution in [0.1, 0.15) is 40.5 Å². The Hall–Kier alpha value is -1.30. The molecular weight excluding hydrogens is 272 g/mol. The molecule has 2 rings (SSSR count). The van der Waals surface area contributed by atoms with Gasteiger partial charge in [-0.3, -0.25) is 4.79 Å². The SMILES string of the molecule is CCOC1CC(NC(=O)N2CCC(C(=O)O)C2C)C1(C)C. The quantitative estimate of drug-likeness (QED) is 0.828. The maximum absolute atomic E-state index is 12.4. The number of carboxylic acids is 1. The fourth-order valence-corrected chi connectivity index (χ4v) is 3.40. The van der Waals surface area contributed by atoms with E-state index in [1.807, 2.05) is 6.92 Å². The second-order valence-electron chi connectivity index (χ2n) is 6.67. The third-order valence-corrected chi connectivity index (χ3v) is 5.18. The average Bonchev–Trinajstić information content (AvgIpc) is 2.79. The van der Waals surface area contributed by atoms with Crippen LogP contribution in [0.2, 0.25) is 0 Å². The summed E-state index contributed by atoms with van der Waals surface area (Å²) in [6.07, 6.45) is 1.52. The normalized spacial score (nSPS) is 34.4. The van der Waals surface area contributed by atoms with Crippen LogP contribution >= 0.6 is 0 Å². The maximum Gasteiger partial charge on any atom is 0.317 e. The van der Waals surface area contributed by atoms with Crippen LogP contribution in [0.4, 0.5) is 4.79 Å². The molecule has 6 heteroatoms. The smallest absolute Gasteiger partial charge is 0.317 e. The summed E-state index contributed by atoms with van der Waals surface area (Å²) < 4.78 is 5.66. The predicted octanol–water partition coefficient (Wildman–Crippen LogP) is 1.69. The first kappa shape index (κ1) is 16.1. The van der Waals surface area contributed by atoms with E-state index in [4.69, 9.17) is 9.84 Å². The first-order valence-electron chi connectivity index (χ1n) is 7.70. The molecule has 2 amide bonds. The number of likely N-dealkylation sites (tertiary alicyclic amines) is 1. The molecular formula is C15H26N2O4. The van der Waals surface area contributed by atoms with Crippen LogP contribution in [0.5, 0.6) is 0 Å². The summed E-state index contributed by atoms with van der Waals surface area (Å²) in [6, 6.07) is -0.328. The number of carbonyl (C=O) groups excluding carboxylic acids is 1. The molecule has 0 aromatic rings. The molecule has 6 nitrogen and oxygen atoms in total. The number of hydrogen-bond donors (Lipinski definition) is 2. The minimum atomic E-state index is -0.821. The Morgan fingerprint density at radius 2 is 2.10 bits per heavy atom. The summed E-state index contributed by atoms with van der Waals surface area (Å²) in [7, 11) is 0. The highest BCUT2D eigenvalue weighted by molar-refractivity contribution is 5.78. The van der Waals surface area contributed by atoms with Crippen molar-refractivity contribution in [2.24, 2.45) is 11.3 Å². The van der Waals surface area contributed by atoms with Crippen LogP contribution in [0.25, 0.3) is 0 Å². The average molecular weight is 298 g/mol. The fraction of sp³-hybridized carbons (Fsp3) is 0.867. The lowest BCUT2D eigenvalue weighted by Gasteiger charge is -2.51. The Balaban J connectivity index is 1.90. The number of amides is 2. The molecule has 0 bridgehead atoms. The number of urea groups is 1. The first-order valence-corrected chi connectivity index (χ1v) is 7.70. The van der Waals surface area contributed by atoms with Crippen molar-refractivity contribution in [1.29, 1.82) is 0 Å². The van der Waals surface area contributed by atoms with Crippen LogP contribution in [0.15, 0.2) is 0 Å². The lowest BCUT2D eigenvalue weighted by atomic mass is 9.64. The molecule has 1 aliphatic carbocycles. The Morgan fingerprint density at radius 1 is 1.43 bits per heavy atom. The van der Waals surface area contributed by atoms with Crippen molar-refractivity contribution in [3.8, 4) is 0 Å². The Bertz CT molecular complexity index is 424. The van der Waals surface area contributed by atoms with Crippen LogP contribution in [-0.4, -0.2) is 53.3 Å². The molecule has 0 aromatic carbocycles. The zero-order valence-corrected chi connectivity index (χ0v) is 13.3. The zero-order chi connectivity index (χ0) is 15.8. The van der Waals surface area contributed by atoms with Gasteiger partial charge in [0, 0.05) is 30.7 Å². The van der Waals surface area contributed by atoms with Gasteiger partial charge < -0.3 is 20.1 Å². The van der Waals surface area contributed by atoms with Crippen molar-refractivity contribution in [2.75, 3.05) is 13.2 Å². The van der Waals surface area contributed by atoms with Crippen LogP contribution < -0.4 is 5.32 Å². The van der Waals surface area contributed by atoms with Crippen molar-refractivity contribution < 1.29 is 19.4 Å². The van der Waals surface area contributed by atoms with Gasteiger partial charge in [-0.2, -0.15) is 0 Å². The topological polar surface area (TPSA) is 78.9 Å². The molecule has 1 heterocycles. The molecule has 2 fully saturated rings. The highest BCUT2D eigenvalue weighted by Gasteiger charge is 2.50. The van der Waals surface area contributed by atoms with Gasteiger partial charge in [0.1, 0.15) is 0 Å². The summed E-state index contributed by atoms with van der Waals surface area (Å²) in [5.74, 6) is -1.28. The van der Waals surface area contributed by atoms with Crippen molar-refractivity contribution >= 4 is 12.0 Å². The number of hydrogen-bond acceptors (Lipinski definition) is 3. The second-order valence-corrected chi connectivity index (χ2v) is 6.67. The molecule has 0 spiro atoms.